The maximum absolute atomic E-state index is 10.1. The van der Waals surface area contributed by atoms with Crippen LogP contribution < -0.4 is 0 Å². The van der Waals surface area contributed by atoms with Crippen LogP contribution in [0, 0.1) is 11.8 Å². The first-order valence-electron chi connectivity index (χ1n) is 6.90. The Balaban J connectivity index is 2.54. The van der Waals surface area contributed by atoms with E-state index in [0.717, 1.165) is 25.3 Å². The van der Waals surface area contributed by atoms with Crippen LogP contribution in [0.1, 0.15) is 46.5 Å². The molecule has 0 spiro atoms. The standard InChI is InChI=1S/C14H29NO2/c1-5-11-6-7-13(17)12(8-11)9-15(4)14(2,3)10-16/h11-13,16-17H,5-10H2,1-4H3. The molecule has 0 aliphatic heterocycles. The Morgan fingerprint density at radius 2 is 1.94 bits per heavy atom. The third kappa shape index (κ3) is 3.94. The Morgan fingerprint density at radius 3 is 2.47 bits per heavy atom. The van der Waals surface area contributed by atoms with Crippen molar-refractivity contribution in [1.29, 1.82) is 0 Å². The first-order chi connectivity index (χ1) is 7.90. The minimum atomic E-state index is -0.196. The Labute approximate surface area is 106 Å². The van der Waals surface area contributed by atoms with Crippen molar-refractivity contribution in [2.24, 2.45) is 11.8 Å². The van der Waals surface area contributed by atoms with Crippen LogP contribution >= 0.6 is 0 Å². The molecule has 0 aromatic heterocycles. The van der Waals surface area contributed by atoms with Crippen LogP contribution in [0.3, 0.4) is 0 Å². The SMILES string of the molecule is CCC1CCC(O)C(CN(C)C(C)(C)CO)C1. The summed E-state index contributed by atoms with van der Waals surface area (Å²) in [5.41, 5.74) is -0.196. The smallest absolute Gasteiger partial charge is 0.0609 e. The van der Waals surface area contributed by atoms with Gasteiger partial charge < -0.3 is 10.2 Å². The van der Waals surface area contributed by atoms with Crippen molar-refractivity contribution >= 4 is 0 Å². The molecule has 1 aliphatic carbocycles. The molecule has 3 nitrogen and oxygen atoms in total. The molecule has 0 radical (unpaired) electrons. The van der Waals surface area contributed by atoms with Crippen molar-refractivity contribution in [3.05, 3.63) is 0 Å². The van der Waals surface area contributed by atoms with Gasteiger partial charge in [0.15, 0.2) is 0 Å². The molecule has 3 unspecified atom stereocenters. The van der Waals surface area contributed by atoms with E-state index in [1.165, 1.54) is 12.8 Å². The van der Waals surface area contributed by atoms with Gasteiger partial charge in [0.05, 0.1) is 12.7 Å². The van der Waals surface area contributed by atoms with Crippen molar-refractivity contribution in [3.63, 3.8) is 0 Å². The summed E-state index contributed by atoms with van der Waals surface area (Å²) in [6.07, 6.45) is 4.30. The molecule has 0 bridgehead atoms. The molecule has 0 heterocycles. The van der Waals surface area contributed by atoms with Crippen LogP contribution in [0.25, 0.3) is 0 Å². The van der Waals surface area contributed by atoms with E-state index in [9.17, 15) is 10.2 Å². The number of nitrogens with zero attached hydrogens (tertiary/aromatic N) is 1. The Hall–Kier alpha value is -0.120. The summed E-state index contributed by atoms with van der Waals surface area (Å²) in [6.45, 7) is 7.36. The summed E-state index contributed by atoms with van der Waals surface area (Å²) in [4.78, 5) is 2.18. The van der Waals surface area contributed by atoms with Crippen molar-refractivity contribution < 1.29 is 10.2 Å². The lowest BCUT2D eigenvalue weighted by Crippen LogP contribution is -2.48. The predicted molar refractivity (Wildman–Crippen MR) is 70.9 cm³/mol. The van der Waals surface area contributed by atoms with Gasteiger partial charge in [-0.2, -0.15) is 0 Å². The zero-order valence-corrected chi connectivity index (χ0v) is 11.8. The molecule has 1 aliphatic rings. The Morgan fingerprint density at radius 1 is 1.29 bits per heavy atom. The first-order valence-corrected chi connectivity index (χ1v) is 6.90. The monoisotopic (exact) mass is 243 g/mol. The van der Waals surface area contributed by atoms with E-state index < -0.39 is 0 Å². The van der Waals surface area contributed by atoms with Gasteiger partial charge in [0.25, 0.3) is 0 Å². The zero-order chi connectivity index (χ0) is 13.1. The van der Waals surface area contributed by atoms with Crippen LogP contribution in [-0.2, 0) is 0 Å². The van der Waals surface area contributed by atoms with Gasteiger partial charge in [0.1, 0.15) is 0 Å². The topological polar surface area (TPSA) is 43.7 Å². The van der Waals surface area contributed by atoms with Gasteiger partial charge in [-0.15, -0.1) is 0 Å². The molecule has 3 atom stereocenters. The molecule has 1 rings (SSSR count). The number of aliphatic hydroxyl groups is 2. The molecule has 0 amide bonds. The molecule has 2 N–H and O–H groups in total. The maximum atomic E-state index is 10.1. The maximum Gasteiger partial charge on any atom is 0.0609 e. The van der Waals surface area contributed by atoms with E-state index in [4.69, 9.17) is 0 Å². The number of hydrogen-bond donors (Lipinski definition) is 2. The van der Waals surface area contributed by atoms with Crippen molar-refractivity contribution in [3.8, 4) is 0 Å². The van der Waals surface area contributed by atoms with Gasteiger partial charge >= 0.3 is 0 Å². The highest BCUT2D eigenvalue weighted by molar-refractivity contribution is 4.85. The van der Waals surface area contributed by atoms with Gasteiger partial charge in [0, 0.05) is 12.1 Å². The lowest BCUT2D eigenvalue weighted by molar-refractivity contribution is 0.0000728. The van der Waals surface area contributed by atoms with E-state index in [1.54, 1.807) is 0 Å². The average molecular weight is 243 g/mol. The van der Waals surface area contributed by atoms with Crippen LogP contribution in [0.15, 0.2) is 0 Å². The number of aliphatic hydroxyl groups excluding tert-OH is 2. The minimum Gasteiger partial charge on any atom is -0.394 e. The lowest BCUT2D eigenvalue weighted by Gasteiger charge is -2.40. The fourth-order valence-electron chi connectivity index (χ4n) is 2.63. The minimum absolute atomic E-state index is 0.156. The summed E-state index contributed by atoms with van der Waals surface area (Å²) in [6, 6.07) is 0. The van der Waals surface area contributed by atoms with Crippen molar-refractivity contribution in [2.75, 3.05) is 20.2 Å². The van der Waals surface area contributed by atoms with E-state index in [-0.39, 0.29) is 18.2 Å². The molecular weight excluding hydrogens is 214 g/mol. The molecule has 1 fully saturated rings. The molecule has 0 aromatic rings. The van der Waals surface area contributed by atoms with Gasteiger partial charge in [-0.1, -0.05) is 13.3 Å². The third-order valence-electron chi connectivity index (χ3n) is 4.56. The zero-order valence-electron chi connectivity index (χ0n) is 11.8. The third-order valence-corrected chi connectivity index (χ3v) is 4.56. The van der Waals surface area contributed by atoms with Gasteiger partial charge in [-0.25, -0.2) is 0 Å². The molecular formula is C14H29NO2. The van der Waals surface area contributed by atoms with Gasteiger partial charge in [-0.3, -0.25) is 4.90 Å². The largest absolute Gasteiger partial charge is 0.394 e. The van der Waals surface area contributed by atoms with Crippen LogP contribution in [0.5, 0.6) is 0 Å². The Bertz CT molecular complexity index is 230. The summed E-state index contributed by atoms with van der Waals surface area (Å²) in [7, 11) is 2.04. The molecule has 1 saturated carbocycles. The molecule has 17 heavy (non-hydrogen) atoms. The summed E-state index contributed by atoms with van der Waals surface area (Å²) in [5, 5.41) is 19.4. The van der Waals surface area contributed by atoms with Gasteiger partial charge in [-0.05, 0) is 52.0 Å². The van der Waals surface area contributed by atoms with E-state index in [2.05, 4.69) is 11.8 Å². The highest BCUT2D eigenvalue weighted by Gasteiger charge is 2.32. The van der Waals surface area contributed by atoms with E-state index in [0.29, 0.717) is 5.92 Å². The van der Waals surface area contributed by atoms with Crippen LogP contribution in [0.2, 0.25) is 0 Å². The normalized spacial score (nSPS) is 30.9. The predicted octanol–water partition coefficient (Wildman–Crippen LogP) is 1.88. The highest BCUT2D eigenvalue weighted by atomic mass is 16.3. The van der Waals surface area contributed by atoms with E-state index >= 15 is 0 Å². The quantitative estimate of drug-likeness (QED) is 0.775. The average Bonchev–Trinajstić information content (AvgIpc) is 2.31. The lowest BCUT2D eigenvalue weighted by atomic mass is 9.78. The number of hydrogen-bond acceptors (Lipinski definition) is 3. The Kier molecular flexibility index (Phi) is 5.42. The molecule has 0 aromatic carbocycles. The second-order valence-electron chi connectivity index (χ2n) is 6.27. The second kappa shape index (κ2) is 6.17. The summed E-state index contributed by atoms with van der Waals surface area (Å²) in [5.74, 6) is 1.14. The van der Waals surface area contributed by atoms with Crippen LogP contribution in [0.4, 0.5) is 0 Å². The molecule has 0 saturated heterocycles. The summed E-state index contributed by atoms with van der Waals surface area (Å²) < 4.78 is 0. The number of rotatable bonds is 5. The second-order valence-corrected chi connectivity index (χ2v) is 6.27. The van der Waals surface area contributed by atoms with E-state index in [1.807, 2.05) is 20.9 Å². The number of likely N-dealkylation sites (N-methyl/N-ethyl adjacent to an activating group) is 1. The fourth-order valence-corrected chi connectivity index (χ4v) is 2.63. The fraction of sp³-hybridized carbons (Fsp3) is 1.00. The molecule has 3 heteroatoms. The first kappa shape index (κ1) is 14.9. The van der Waals surface area contributed by atoms with Crippen molar-refractivity contribution in [1.82, 2.24) is 4.90 Å². The van der Waals surface area contributed by atoms with Crippen molar-refractivity contribution in [2.45, 2.75) is 58.1 Å². The highest BCUT2D eigenvalue weighted by Crippen LogP contribution is 2.32. The van der Waals surface area contributed by atoms with Crippen LogP contribution in [-0.4, -0.2) is 47.0 Å². The summed E-state index contributed by atoms with van der Waals surface area (Å²) >= 11 is 0. The molecule has 102 valence electrons. The van der Waals surface area contributed by atoms with Gasteiger partial charge in [0.2, 0.25) is 0 Å².